The first-order valence-electron chi connectivity index (χ1n) is 6.95. The zero-order valence-electron chi connectivity index (χ0n) is 12.5. The van der Waals surface area contributed by atoms with Gasteiger partial charge in [-0.1, -0.05) is 12.1 Å². The fraction of sp³-hybridized carbons (Fsp3) is 0.438. The van der Waals surface area contributed by atoms with Crippen molar-refractivity contribution in [1.29, 1.82) is 0 Å². The Morgan fingerprint density at radius 1 is 1.20 bits per heavy atom. The van der Waals surface area contributed by atoms with Gasteiger partial charge < -0.3 is 10.1 Å². The van der Waals surface area contributed by atoms with E-state index >= 15 is 0 Å². The average Bonchev–Trinajstić information content (AvgIpc) is 2.82. The maximum absolute atomic E-state index is 5.65. The molecule has 1 atom stereocenters. The summed E-state index contributed by atoms with van der Waals surface area (Å²) in [5, 5.41) is 6.71. The van der Waals surface area contributed by atoms with Gasteiger partial charge in [0.05, 0.1) is 6.10 Å². The second-order valence-corrected chi connectivity index (χ2v) is 6.16. The number of thiazole rings is 1. The van der Waals surface area contributed by atoms with Crippen molar-refractivity contribution < 1.29 is 4.74 Å². The van der Waals surface area contributed by atoms with Gasteiger partial charge >= 0.3 is 0 Å². The van der Waals surface area contributed by atoms with Crippen molar-refractivity contribution in [1.82, 2.24) is 10.3 Å². The highest BCUT2D eigenvalue weighted by atomic mass is 32.1. The van der Waals surface area contributed by atoms with Gasteiger partial charge in [0.2, 0.25) is 0 Å². The summed E-state index contributed by atoms with van der Waals surface area (Å²) >= 11 is 1.70. The highest BCUT2D eigenvalue weighted by Gasteiger charge is 2.07. The Labute approximate surface area is 125 Å². The van der Waals surface area contributed by atoms with Gasteiger partial charge in [-0.25, -0.2) is 4.98 Å². The molecule has 0 amide bonds. The molecule has 2 rings (SSSR count). The average molecular weight is 290 g/mol. The van der Waals surface area contributed by atoms with Gasteiger partial charge in [0.25, 0.3) is 0 Å². The van der Waals surface area contributed by atoms with Crippen molar-refractivity contribution in [2.24, 2.45) is 0 Å². The van der Waals surface area contributed by atoms with E-state index in [1.54, 1.807) is 11.3 Å². The Morgan fingerprint density at radius 3 is 2.45 bits per heavy atom. The predicted molar refractivity (Wildman–Crippen MR) is 84.3 cm³/mol. The van der Waals surface area contributed by atoms with E-state index in [2.05, 4.69) is 34.7 Å². The number of nitrogens with one attached hydrogen (secondary N) is 1. The van der Waals surface area contributed by atoms with Crippen LogP contribution in [0.15, 0.2) is 29.6 Å². The molecule has 1 heterocycles. The second kappa shape index (κ2) is 6.86. The Balaban J connectivity index is 1.90. The molecule has 0 aliphatic heterocycles. The van der Waals surface area contributed by atoms with Gasteiger partial charge in [-0.3, -0.25) is 0 Å². The third kappa shape index (κ3) is 4.32. The quantitative estimate of drug-likeness (QED) is 0.870. The minimum Gasteiger partial charge on any atom is -0.491 e. The van der Waals surface area contributed by atoms with Crippen molar-refractivity contribution in [3.8, 4) is 5.75 Å². The summed E-state index contributed by atoms with van der Waals surface area (Å²) in [4.78, 5) is 4.46. The molecule has 3 nitrogen and oxygen atoms in total. The van der Waals surface area contributed by atoms with E-state index < -0.39 is 0 Å². The first kappa shape index (κ1) is 15.0. The molecule has 0 radical (unpaired) electrons. The van der Waals surface area contributed by atoms with Gasteiger partial charge in [-0.2, -0.15) is 0 Å². The number of hydrogen-bond acceptors (Lipinski definition) is 4. The van der Waals surface area contributed by atoms with Gasteiger partial charge in [0.1, 0.15) is 10.8 Å². The molecule has 4 heteroatoms. The summed E-state index contributed by atoms with van der Waals surface area (Å²) in [6.07, 6.45) is 0.213. The van der Waals surface area contributed by atoms with E-state index in [1.165, 1.54) is 5.56 Å². The van der Waals surface area contributed by atoms with E-state index in [0.29, 0.717) is 6.04 Å². The molecule has 2 aromatic rings. The molecule has 0 fully saturated rings. The first-order valence-corrected chi connectivity index (χ1v) is 7.83. The molecule has 0 spiro atoms. The van der Waals surface area contributed by atoms with E-state index in [-0.39, 0.29) is 6.10 Å². The van der Waals surface area contributed by atoms with Crippen LogP contribution in [0.4, 0.5) is 0 Å². The lowest BCUT2D eigenvalue weighted by Gasteiger charge is -2.15. The molecule has 0 aliphatic carbocycles. The monoisotopic (exact) mass is 290 g/mol. The normalized spacial score (nSPS) is 12.7. The maximum atomic E-state index is 5.65. The Morgan fingerprint density at radius 2 is 1.90 bits per heavy atom. The third-order valence-corrected chi connectivity index (χ3v) is 3.94. The highest BCUT2D eigenvalue weighted by Crippen LogP contribution is 2.19. The van der Waals surface area contributed by atoms with Crippen molar-refractivity contribution in [3.63, 3.8) is 0 Å². The fourth-order valence-corrected chi connectivity index (χ4v) is 2.67. The summed E-state index contributed by atoms with van der Waals surface area (Å²) in [5.41, 5.74) is 2.35. The molecule has 1 N–H and O–H groups in total. The van der Waals surface area contributed by atoms with Crippen LogP contribution in [0.1, 0.15) is 43.1 Å². The highest BCUT2D eigenvalue weighted by molar-refractivity contribution is 7.09. The third-order valence-electron chi connectivity index (χ3n) is 2.98. The van der Waals surface area contributed by atoms with Crippen molar-refractivity contribution >= 4 is 11.3 Å². The smallest absolute Gasteiger partial charge is 0.119 e. The summed E-state index contributed by atoms with van der Waals surface area (Å²) in [6, 6.07) is 8.58. The number of ether oxygens (including phenoxy) is 1. The number of aryl methyl sites for hydroxylation is 1. The second-order valence-electron chi connectivity index (χ2n) is 5.22. The van der Waals surface area contributed by atoms with E-state index in [1.807, 2.05) is 32.9 Å². The minimum absolute atomic E-state index is 0.213. The predicted octanol–water partition coefficient (Wildman–Crippen LogP) is 4.09. The molecule has 1 aromatic carbocycles. The molecule has 108 valence electrons. The van der Waals surface area contributed by atoms with Crippen LogP contribution >= 0.6 is 11.3 Å². The van der Waals surface area contributed by atoms with Crippen LogP contribution in [0.2, 0.25) is 0 Å². The zero-order chi connectivity index (χ0) is 14.5. The zero-order valence-corrected chi connectivity index (χ0v) is 13.3. The number of benzene rings is 1. The van der Waals surface area contributed by atoms with Gasteiger partial charge in [0.15, 0.2) is 0 Å². The van der Waals surface area contributed by atoms with Crippen LogP contribution in [0.25, 0.3) is 0 Å². The Hall–Kier alpha value is -1.39. The number of nitrogens with zero attached hydrogens (tertiary/aromatic N) is 1. The van der Waals surface area contributed by atoms with Crippen molar-refractivity contribution in [3.05, 3.63) is 45.9 Å². The summed E-state index contributed by atoms with van der Waals surface area (Å²) in [6.45, 7) is 9.07. The van der Waals surface area contributed by atoms with Crippen LogP contribution in [-0.4, -0.2) is 11.1 Å². The van der Waals surface area contributed by atoms with Crippen LogP contribution in [-0.2, 0) is 6.54 Å². The SMILES string of the molecule is Cc1csc(CNC(C)c2ccc(OC(C)C)cc2)n1. The fourth-order valence-electron chi connectivity index (χ4n) is 1.95. The van der Waals surface area contributed by atoms with E-state index in [0.717, 1.165) is 23.0 Å². The summed E-state index contributed by atoms with van der Waals surface area (Å²) in [5.74, 6) is 0.923. The molecule has 1 unspecified atom stereocenters. The van der Waals surface area contributed by atoms with Crippen molar-refractivity contribution in [2.75, 3.05) is 0 Å². The van der Waals surface area contributed by atoms with E-state index in [9.17, 15) is 0 Å². The molecular formula is C16H22N2OS. The first-order chi connectivity index (χ1) is 9.54. The van der Waals surface area contributed by atoms with Crippen LogP contribution in [0.3, 0.4) is 0 Å². The Kier molecular flexibility index (Phi) is 5.15. The molecule has 1 aromatic heterocycles. The minimum atomic E-state index is 0.213. The standard InChI is InChI=1S/C16H22N2OS/c1-11(2)19-15-7-5-14(6-8-15)13(4)17-9-16-18-12(3)10-20-16/h5-8,10-11,13,17H,9H2,1-4H3. The van der Waals surface area contributed by atoms with Crippen LogP contribution < -0.4 is 10.1 Å². The molecule has 0 aliphatic rings. The number of hydrogen-bond donors (Lipinski definition) is 1. The molecule has 20 heavy (non-hydrogen) atoms. The van der Waals surface area contributed by atoms with Gasteiger partial charge in [0, 0.05) is 23.7 Å². The van der Waals surface area contributed by atoms with Crippen molar-refractivity contribution in [2.45, 2.75) is 46.4 Å². The molecule has 0 saturated heterocycles. The molecular weight excluding hydrogens is 268 g/mol. The number of rotatable bonds is 6. The van der Waals surface area contributed by atoms with E-state index in [4.69, 9.17) is 4.74 Å². The van der Waals surface area contributed by atoms with Gasteiger partial charge in [-0.15, -0.1) is 11.3 Å². The lowest BCUT2D eigenvalue weighted by Crippen LogP contribution is -2.18. The lowest BCUT2D eigenvalue weighted by molar-refractivity contribution is 0.242. The molecule has 0 bridgehead atoms. The summed E-state index contributed by atoms with van der Waals surface area (Å²) < 4.78 is 5.65. The lowest BCUT2D eigenvalue weighted by atomic mass is 10.1. The topological polar surface area (TPSA) is 34.1 Å². The molecule has 0 saturated carbocycles. The number of aromatic nitrogens is 1. The Bertz CT molecular complexity index is 534. The van der Waals surface area contributed by atoms with Crippen LogP contribution in [0.5, 0.6) is 5.75 Å². The van der Waals surface area contributed by atoms with Gasteiger partial charge in [-0.05, 0) is 45.4 Å². The largest absolute Gasteiger partial charge is 0.491 e. The summed E-state index contributed by atoms with van der Waals surface area (Å²) in [7, 11) is 0. The maximum Gasteiger partial charge on any atom is 0.119 e. The van der Waals surface area contributed by atoms with Crippen LogP contribution in [0, 0.1) is 6.92 Å².